The van der Waals surface area contributed by atoms with E-state index in [0.29, 0.717) is 0 Å². The highest BCUT2D eigenvalue weighted by molar-refractivity contribution is 5.66. The molecule has 11 heavy (non-hydrogen) atoms. The van der Waals surface area contributed by atoms with Crippen molar-refractivity contribution in [2.24, 2.45) is 5.41 Å². The summed E-state index contributed by atoms with van der Waals surface area (Å²) >= 11 is 0. The van der Waals surface area contributed by atoms with Gasteiger partial charge in [0.25, 0.3) is 0 Å². The van der Waals surface area contributed by atoms with E-state index in [1.165, 1.54) is 14.0 Å². The van der Waals surface area contributed by atoms with Gasteiger partial charge in [0.05, 0.1) is 0 Å². The van der Waals surface area contributed by atoms with Crippen LogP contribution in [0.15, 0.2) is 0 Å². The first-order chi connectivity index (χ1) is 4.88. The molecule has 0 spiro atoms. The van der Waals surface area contributed by atoms with E-state index < -0.39 is 6.29 Å². The lowest BCUT2D eigenvalue weighted by atomic mass is 9.96. The van der Waals surface area contributed by atoms with Gasteiger partial charge in [-0.2, -0.15) is 0 Å². The van der Waals surface area contributed by atoms with E-state index in [1.807, 2.05) is 20.8 Å². The van der Waals surface area contributed by atoms with E-state index in [1.54, 1.807) is 0 Å². The van der Waals surface area contributed by atoms with Gasteiger partial charge in [0.1, 0.15) is 0 Å². The molecule has 0 aliphatic heterocycles. The Morgan fingerprint density at radius 2 is 1.82 bits per heavy atom. The van der Waals surface area contributed by atoms with Gasteiger partial charge in [0.2, 0.25) is 6.29 Å². The molecule has 66 valence electrons. The second kappa shape index (κ2) is 3.72. The molecule has 0 saturated heterocycles. The first kappa shape index (κ1) is 10.4. The van der Waals surface area contributed by atoms with Gasteiger partial charge in [-0.1, -0.05) is 20.8 Å². The number of carbonyl (C=O) groups is 1. The summed E-state index contributed by atoms with van der Waals surface area (Å²) in [5.41, 5.74) is -0.166. The molecule has 0 aromatic carbocycles. The number of carbonyl (C=O) groups excluding carboxylic acids is 1. The molecule has 0 aromatic heterocycles. The molecule has 3 heteroatoms. The van der Waals surface area contributed by atoms with Crippen molar-refractivity contribution < 1.29 is 14.3 Å². The Morgan fingerprint density at radius 1 is 1.36 bits per heavy atom. The summed E-state index contributed by atoms with van der Waals surface area (Å²) in [5, 5.41) is 0. The van der Waals surface area contributed by atoms with Crippen LogP contribution < -0.4 is 0 Å². The third kappa shape index (κ3) is 3.98. The number of esters is 1. The zero-order valence-corrected chi connectivity index (χ0v) is 7.80. The van der Waals surface area contributed by atoms with E-state index in [2.05, 4.69) is 0 Å². The summed E-state index contributed by atoms with van der Waals surface area (Å²) in [6.07, 6.45) is -0.458. The van der Waals surface area contributed by atoms with Crippen LogP contribution in [0.5, 0.6) is 0 Å². The zero-order chi connectivity index (χ0) is 9.07. The standard InChI is InChI=1S/C8H16O3/c1-6(9)11-7(10-5)8(2,3)4/h7H,1-5H3/t7-/m1/s1. The van der Waals surface area contributed by atoms with Gasteiger partial charge in [-0.3, -0.25) is 4.79 Å². The molecule has 0 unspecified atom stereocenters. The summed E-state index contributed by atoms with van der Waals surface area (Å²) in [4.78, 5) is 10.6. The average Bonchev–Trinajstić information content (AvgIpc) is 1.79. The third-order valence-corrected chi connectivity index (χ3v) is 1.19. The van der Waals surface area contributed by atoms with E-state index in [-0.39, 0.29) is 11.4 Å². The molecule has 0 amide bonds. The van der Waals surface area contributed by atoms with E-state index in [4.69, 9.17) is 9.47 Å². The summed E-state index contributed by atoms with van der Waals surface area (Å²) in [5.74, 6) is -0.313. The lowest BCUT2D eigenvalue weighted by Gasteiger charge is -2.27. The van der Waals surface area contributed by atoms with E-state index >= 15 is 0 Å². The molecular formula is C8H16O3. The van der Waals surface area contributed by atoms with Gasteiger partial charge in [-0.25, -0.2) is 0 Å². The van der Waals surface area contributed by atoms with Crippen LogP contribution in [0.3, 0.4) is 0 Å². The molecule has 0 rings (SSSR count). The Morgan fingerprint density at radius 3 is 1.91 bits per heavy atom. The first-order valence-electron chi connectivity index (χ1n) is 3.58. The molecule has 0 aliphatic rings. The topological polar surface area (TPSA) is 35.5 Å². The number of hydrogen-bond acceptors (Lipinski definition) is 3. The minimum absolute atomic E-state index is 0.166. The molecule has 0 heterocycles. The second-order valence-corrected chi connectivity index (χ2v) is 3.54. The number of methoxy groups -OCH3 is 1. The molecule has 3 nitrogen and oxygen atoms in total. The van der Waals surface area contributed by atoms with Crippen LogP contribution in [0, 0.1) is 5.41 Å². The Kier molecular flexibility index (Phi) is 3.52. The molecule has 0 aromatic rings. The predicted octanol–water partition coefficient (Wildman–Crippen LogP) is 1.57. The fourth-order valence-corrected chi connectivity index (χ4v) is 0.729. The molecule has 0 fully saturated rings. The highest BCUT2D eigenvalue weighted by Gasteiger charge is 2.26. The predicted molar refractivity (Wildman–Crippen MR) is 42.0 cm³/mol. The number of ether oxygens (including phenoxy) is 2. The summed E-state index contributed by atoms with van der Waals surface area (Å²) in [6, 6.07) is 0. The molecule has 0 bridgehead atoms. The van der Waals surface area contributed by atoms with Crippen LogP contribution in [0.1, 0.15) is 27.7 Å². The van der Waals surface area contributed by atoms with Crippen molar-refractivity contribution in [1.82, 2.24) is 0 Å². The van der Waals surface area contributed by atoms with Crippen LogP contribution in [0.25, 0.3) is 0 Å². The lowest BCUT2D eigenvalue weighted by molar-refractivity contribution is -0.193. The normalized spacial score (nSPS) is 14.3. The Hall–Kier alpha value is -0.570. The van der Waals surface area contributed by atoms with Crippen LogP contribution in [-0.2, 0) is 14.3 Å². The Labute approximate surface area is 67.7 Å². The van der Waals surface area contributed by atoms with Gasteiger partial charge in [0, 0.05) is 19.4 Å². The van der Waals surface area contributed by atoms with Crippen LogP contribution in [0.2, 0.25) is 0 Å². The van der Waals surface area contributed by atoms with Crippen LogP contribution in [0.4, 0.5) is 0 Å². The fourth-order valence-electron chi connectivity index (χ4n) is 0.729. The molecule has 0 N–H and O–H groups in total. The van der Waals surface area contributed by atoms with Crippen LogP contribution >= 0.6 is 0 Å². The SMILES string of the molecule is CO[C@H](OC(C)=O)C(C)(C)C. The van der Waals surface area contributed by atoms with Crippen molar-refractivity contribution in [1.29, 1.82) is 0 Å². The maximum atomic E-state index is 10.6. The maximum absolute atomic E-state index is 10.6. The fraction of sp³-hybridized carbons (Fsp3) is 0.875. The minimum atomic E-state index is -0.458. The molecular weight excluding hydrogens is 144 g/mol. The Balaban J connectivity index is 4.07. The summed E-state index contributed by atoms with van der Waals surface area (Å²) < 4.78 is 9.89. The summed E-state index contributed by atoms with van der Waals surface area (Å²) in [6.45, 7) is 7.22. The van der Waals surface area contributed by atoms with E-state index in [0.717, 1.165) is 0 Å². The molecule has 0 saturated carbocycles. The zero-order valence-electron chi connectivity index (χ0n) is 7.80. The van der Waals surface area contributed by atoms with Gasteiger partial charge < -0.3 is 9.47 Å². The van der Waals surface area contributed by atoms with E-state index in [9.17, 15) is 4.79 Å². The number of hydrogen-bond donors (Lipinski definition) is 0. The largest absolute Gasteiger partial charge is 0.435 e. The van der Waals surface area contributed by atoms with Crippen molar-refractivity contribution in [2.75, 3.05) is 7.11 Å². The van der Waals surface area contributed by atoms with Gasteiger partial charge in [-0.15, -0.1) is 0 Å². The smallest absolute Gasteiger partial charge is 0.304 e. The molecule has 0 aliphatic carbocycles. The van der Waals surface area contributed by atoms with Gasteiger partial charge >= 0.3 is 5.97 Å². The van der Waals surface area contributed by atoms with Crippen LogP contribution in [-0.4, -0.2) is 19.4 Å². The monoisotopic (exact) mass is 160 g/mol. The Bertz CT molecular complexity index is 135. The van der Waals surface area contributed by atoms with Crippen molar-refractivity contribution in [3.63, 3.8) is 0 Å². The van der Waals surface area contributed by atoms with Gasteiger partial charge in [0.15, 0.2) is 0 Å². The minimum Gasteiger partial charge on any atom is -0.435 e. The first-order valence-corrected chi connectivity index (χ1v) is 3.58. The van der Waals surface area contributed by atoms with Crippen molar-refractivity contribution in [2.45, 2.75) is 34.0 Å². The van der Waals surface area contributed by atoms with Gasteiger partial charge in [-0.05, 0) is 0 Å². The molecule has 0 radical (unpaired) electrons. The third-order valence-electron chi connectivity index (χ3n) is 1.19. The molecule has 1 atom stereocenters. The summed E-state index contributed by atoms with van der Waals surface area (Å²) in [7, 11) is 1.53. The quantitative estimate of drug-likeness (QED) is 0.454. The van der Waals surface area contributed by atoms with Crippen molar-refractivity contribution >= 4 is 5.97 Å². The number of rotatable bonds is 2. The highest BCUT2D eigenvalue weighted by atomic mass is 16.7. The maximum Gasteiger partial charge on any atom is 0.304 e. The highest BCUT2D eigenvalue weighted by Crippen LogP contribution is 2.22. The van der Waals surface area contributed by atoms with Crippen molar-refractivity contribution in [3.05, 3.63) is 0 Å². The lowest BCUT2D eigenvalue weighted by Crippen LogP contribution is -2.32. The van der Waals surface area contributed by atoms with Crippen molar-refractivity contribution in [3.8, 4) is 0 Å². The average molecular weight is 160 g/mol. The second-order valence-electron chi connectivity index (χ2n) is 3.54.